The molecule has 108 valence electrons. The summed E-state index contributed by atoms with van der Waals surface area (Å²) >= 11 is 0. The topological polar surface area (TPSA) is 24.1 Å². The van der Waals surface area contributed by atoms with Gasteiger partial charge in [-0.05, 0) is 74.1 Å². The van der Waals surface area contributed by atoms with Crippen LogP contribution in [0.5, 0.6) is 0 Å². The number of rotatable bonds is 6. The van der Waals surface area contributed by atoms with E-state index < -0.39 is 0 Å². The van der Waals surface area contributed by atoms with Crippen molar-refractivity contribution in [2.75, 3.05) is 13.6 Å². The van der Waals surface area contributed by atoms with E-state index in [1.54, 1.807) is 6.42 Å². The molecule has 0 saturated heterocycles. The van der Waals surface area contributed by atoms with Crippen LogP contribution in [0.2, 0.25) is 0 Å². The maximum atomic E-state index is 3.87. The molecule has 0 heterocycles. The van der Waals surface area contributed by atoms with Crippen LogP contribution in [0.15, 0.2) is 24.3 Å². The number of fused-ring (bicyclic) bond motifs is 5. The summed E-state index contributed by atoms with van der Waals surface area (Å²) in [6, 6.07) is 9.77. The number of hydrogen-bond donors (Lipinski definition) is 2. The van der Waals surface area contributed by atoms with Gasteiger partial charge >= 0.3 is 0 Å². The summed E-state index contributed by atoms with van der Waals surface area (Å²) in [6.45, 7) is 2.13. The molecule has 1 aromatic carbocycles. The van der Waals surface area contributed by atoms with Gasteiger partial charge in [0.1, 0.15) is 0 Å². The van der Waals surface area contributed by atoms with E-state index in [1.807, 2.05) is 7.05 Å². The average Bonchev–Trinajstić information content (AvgIpc) is 2.87. The molecule has 4 rings (SSSR count). The van der Waals surface area contributed by atoms with Crippen LogP contribution < -0.4 is 10.6 Å². The third-order valence-corrected chi connectivity index (χ3v) is 6.03. The van der Waals surface area contributed by atoms with Gasteiger partial charge in [-0.15, -0.1) is 0 Å². The summed E-state index contributed by atoms with van der Waals surface area (Å²) in [6.07, 6.45) is 5.72. The highest BCUT2D eigenvalue weighted by Gasteiger charge is 2.64. The Bertz CT molecular complexity index is 468. The second kappa shape index (κ2) is 5.16. The average molecular weight is 270 g/mol. The van der Waals surface area contributed by atoms with Crippen molar-refractivity contribution < 1.29 is 0 Å². The van der Waals surface area contributed by atoms with Crippen LogP contribution in [0.25, 0.3) is 0 Å². The van der Waals surface area contributed by atoms with Crippen molar-refractivity contribution in [2.24, 2.45) is 23.7 Å². The predicted octanol–water partition coefficient (Wildman–Crippen LogP) is 2.58. The van der Waals surface area contributed by atoms with E-state index in [0.717, 1.165) is 49.2 Å². The largest absolute Gasteiger partial charge is 0.319 e. The summed E-state index contributed by atoms with van der Waals surface area (Å²) in [5.41, 5.74) is 3.00. The van der Waals surface area contributed by atoms with Crippen molar-refractivity contribution in [1.82, 2.24) is 10.6 Å². The minimum atomic E-state index is 0.846. The molecule has 2 N–H and O–H groups in total. The summed E-state index contributed by atoms with van der Waals surface area (Å²) in [5.74, 6) is 4.22. The van der Waals surface area contributed by atoms with Gasteiger partial charge in [0.05, 0.1) is 0 Å². The van der Waals surface area contributed by atoms with Gasteiger partial charge in [-0.3, -0.25) is 0 Å². The van der Waals surface area contributed by atoms with Gasteiger partial charge in [0.25, 0.3) is 0 Å². The van der Waals surface area contributed by atoms with Crippen LogP contribution in [0.3, 0.4) is 0 Å². The standard InChI is InChI=1S/C18H26N2/c1-19-9-8-12-4-2-3-5-15(12)11-20-18-16-13-6-7-14(10-13)17(16)18/h2-5,13-14,16-20H,6-11H2,1H3. The summed E-state index contributed by atoms with van der Waals surface area (Å²) < 4.78 is 0. The third-order valence-electron chi connectivity index (χ3n) is 6.03. The molecular formula is C18H26N2. The van der Waals surface area contributed by atoms with Gasteiger partial charge in [0, 0.05) is 12.6 Å². The molecule has 3 saturated carbocycles. The molecule has 0 aliphatic heterocycles. The zero-order chi connectivity index (χ0) is 13.5. The molecule has 0 aromatic heterocycles. The first-order valence-electron chi connectivity index (χ1n) is 8.33. The van der Waals surface area contributed by atoms with E-state index in [-0.39, 0.29) is 0 Å². The fourth-order valence-corrected chi connectivity index (χ4v) is 5.06. The lowest BCUT2D eigenvalue weighted by Crippen LogP contribution is -2.23. The maximum Gasteiger partial charge on any atom is 0.0211 e. The second-order valence-electron chi connectivity index (χ2n) is 7.02. The van der Waals surface area contributed by atoms with Crippen LogP contribution in [0.4, 0.5) is 0 Å². The first-order chi connectivity index (χ1) is 9.88. The molecule has 2 heteroatoms. The summed E-state index contributed by atoms with van der Waals surface area (Å²) in [7, 11) is 2.03. The highest BCUT2D eigenvalue weighted by Crippen LogP contribution is 2.65. The Hall–Kier alpha value is -0.860. The number of nitrogens with one attached hydrogen (secondary N) is 2. The molecule has 4 unspecified atom stereocenters. The molecule has 2 nitrogen and oxygen atoms in total. The van der Waals surface area contributed by atoms with Crippen LogP contribution in [0.1, 0.15) is 30.4 Å². The Morgan fingerprint density at radius 2 is 1.75 bits per heavy atom. The van der Waals surface area contributed by atoms with Crippen LogP contribution in [-0.4, -0.2) is 19.6 Å². The number of benzene rings is 1. The van der Waals surface area contributed by atoms with Crippen LogP contribution in [0, 0.1) is 23.7 Å². The zero-order valence-corrected chi connectivity index (χ0v) is 12.4. The fourth-order valence-electron chi connectivity index (χ4n) is 5.06. The normalized spacial score (nSPS) is 37.1. The van der Waals surface area contributed by atoms with Gasteiger partial charge in [-0.2, -0.15) is 0 Å². The molecule has 0 spiro atoms. The SMILES string of the molecule is CNCCc1ccccc1CNC1C2C3CCC(C3)C12. The Kier molecular flexibility index (Phi) is 3.31. The Morgan fingerprint density at radius 3 is 2.45 bits per heavy atom. The second-order valence-corrected chi connectivity index (χ2v) is 7.02. The Morgan fingerprint density at radius 1 is 1.05 bits per heavy atom. The predicted molar refractivity (Wildman–Crippen MR) is 82.5 cm³/mol. The van der Waals surface area contributed by atoms with E-state index in [2.05, 4.69) is 34.9 Å². The molecule has 3 aliphatic rings. The molecule has 3 aliphatic carbocycles. The van der Waals surface area contributed by atoms with E-state index in [9.17, 15) is 0 Å². The highest BCUT2D eigenvalue weighted by molar-refractivity contribution is 5.28. The van der Waals surface area contributed by atoms with Gasteiger partial charge in [0.15, 0.2) is 0 Å². The van der Waals surface area contributed by atoms with Crippen LogP contribution >= 0.6 is 0 Å². The number of hydrogen-bond acceptors (Lipinski definition) is 2. The number of likely N-dealkylation sites (N-methyl/N-ethyl adjacent to an activating group) is 1. The Balaban J connectivity index is 1.36. The van der Waals surface area contributed by atoms with E-state index >= 15 is 0 Å². The van der Waals surface area contributed by atoms with Crippen molar-refractivity contribution in [3.05, 3.63) is 35.4 Å². The van der Waals surface area contributed by atoms with Crippen molar-refractivity contribution in [2.45, 2.75) is 38.3 Å². The van der Waals surface area contributed by atoms with Gasteiger partial charge in [0.2, 0.25) is 0 Å². The minimum Gasteiger partial charge on any atom is -0.319 e. The lowest BCUT2D eigenvalue weighted by molar-refractivity contribution is 0.456. The van der Waals surface area contributed by atoms with Crippen molar-refractivity contribution in [1.29, 1.82) is 0 Å². The van der Waals surface area contributed by atoms with Crippen molar-refractivity contribution in [3.63, 3.8) is 0 Å². The molecular weight excluding hydrogens is 244 g/mol. The monoisotopic (exact) mass is 270 g/mol. The van der Waals surface area contributed by atoms with Gasteiger partial charge < -0.3 is 10.6 Å². The summed E-state index contributed by atoms with van der Waals surface area (Å²) in [5, 5.41) is 7.12. The lowest BCUT2D eigenvalue weighted by Gasteiger charge is -2.13. The highest BCUT2D eigenvalue weighted by atomic mass is 15.0. The minimum absolute atomic E-state index is 0.846. The molecule has 0 amide bonds. The van der Waals surface area contributed by atoms with Crippen LogP contribution in [-0.2, 0) is 13.0 Å². The molecule has 1 aromatic rings. The molecule has 2 bridgehead atoms. The summed E-state index contributed by atoms with van der Waals surface area (Å²) in [4.78, 5) is 0. The van der Waals surface area contributed by atoms with E-state index in [4.69, 9.17) is 0 Å². The van der Waals surface area contributed by atoms with Gasteiger partial charge in [-0.1, -0.05) is 24.3 Å². The first-order valence-corrected chi connectivity index (χ1v) is 8.33. The Labute approximate surface area is 122 Å². The third kappa shape index (κ3) is 2.10. The van der Waals surface area contributed by atoms with Gasteiger partial charge in [-0.25, -0.2) is 0 Å². The van der Waals surface area contributed by atoms with Crippen molar-refractivity contribution >= 4 is 0 Å². The fraction of sp³-hybridized carbons (Fsp3) is 0.667. The quantitative estimate of drug-likeness (QED) is 0.830. The molecule has 20 heavy (non-hydrogen) atoms. The van der Waals surface area contributed by atoms with E-state index in [1.165, 1.54) is 24.0 Å². The smallest absolute Gasteiger partial charge is 0.0211 e. The first kappa shape index (κ1) is 12.8. The van der Waals surface area contributed by atoms with E-state index in [0.29, 0.717) is 0 Å². The molecule has 0 radical (unpaired) electrons. The zero-order valence-electron chi connectivity index (χ0n) is 12.4. The lowest BCUT2D eigenvalue weighted by atomic mass is 10.0. The molecule has 4 atom stereocenters. The molecule has 3 fully saturated rings. The maximum absolute atomic E-state index is 3.87. The van der Waals surface area contributed by atoms with Crippen molar-refractivity contribution in [3.8, 4) is 0 Å².